The summed E-state index contributed by atoms with van der Waals surface area (Å²) in [7, 11) is 0. The van der Waals surface area contributed by atoms with Crippen LogP contribution in [0.15, 0.2) is 48.5 Å². The van der Waals surface area contributed by atoms with Crippen molar-refractivity contribution < 1.29 is 0 Å². The molecule has 114 valence electrons. The van der Waals surface area contributed by atoms with E-state index >= 15 is 0 Å². The molecule has 0 aliphatic rings. The Morgan fingerprint density at radius 1 is 0.727 bits per heavy atom. The Balaban J connectivity index is 1.92. The molecule has 2 aromatic carbocycles. The molecule has 0 unspecified atom stereocenters. The Morgan fingerprint density at radius 2 is 1.27 bits per heavy atom. The molecule has 0 radical (unpaired) electrons. The molecule has 0 aliphatic heterocycles. The zero-order valence-corrected chi connectivity index (χ0v) is 13.4. The van der Waals surface area contributed by atoms with Crippen molar-refractivity contribution in [3.8, 4) is 11.8 Å². The van der Waals surface area contributed by atoms with Gasteiger partial charge in [-0.1, -0.05) is 62.3 Å². The molecule has 2 aromatic rings. The average molecular weight is 291 g/mol. The van der Waals surface area contributed by atoms with Gasteiger partial charge < -0.3 is 5.73 Å². The average Bonchev–Trinajstić information content (AvgIpc) is 2.58. The maximum Gasteiger partial charge on any atom is 0.0249 e. The van der Waals surface area contributed by atoms with Gasteiger partial charge in [-0.3, -0.25) is 0 Å². The molecule has 2 rings (SSSR count). The topological polar surface area (TPSA) is 26.0 Å². The van der Waals surface area contributed by atoms with Gasteiger partial charge in [0.05, 0.1) is 0 Å². The summed E-state index contributed by atoms with van der Waals surface area (Å²) >= 11 is 0. The monoisotopic (exact) mass is 291 g/mol. The van der Waals surface area contributed by atoms with Gasteiger partial charge >= 0.3 is 0 Å². The molecule has 22 heavy (non-hydrogen) atoms. The van der Waals surface area contributed by atoms with E-state index in [0.29, 0.717) is 6.54 Å². The lowest BCUT2D eigenvalue weighted by molar-refractivity contribution is 0.667. The van der Waals surface area contributed by atoms with Crippen molar-refractivity contribution in [2.24, 2.45) is 5.73 Å². The maximum atomic E-state index is 5.59. The van der Waals surface area contributed by atoms with Crippen LogP contribution in [-0.4, -0.2) is 0 Å². The minimum Gasteiger partial charge on any atom is -0.326 e. The van der Waals surface area contributed by atoms with E-state index in [1.807, 2.05) is 24.3 Å². The fourth-order valence-electron chi connectivity index (χ4n) is 2.38. The first kappa shape index (κ1) is 16.3. The number of hydrogen-bond acceptors (Lipinski definition) is 1. The molecule has 0 saturated carbocycles. The third-order valence-corrected chi connectivity index (χ3v) is 3.81. The Morgan fingerprint density at radius 3 is 1.77 bits per heavy atom. The van der Waals surface area contributed by atoms with Crippen LogP contribution in [0.2, 0.25) is 0 Å². The molecule has 0 saturated heterocycles. The van der Waals surface area contributed by atoms with E-state index in [1.54, 1.807) is 0 Å². The van der Waals surface area contributed by atoms with Crippen molar-refractivity contribution >= 4 is 0 Å². The first-order chi connectivity index (χ1) is 10.8. The fourth-order valence-corrected chi connectivity index (χ4v) is 2.38. The Bertz CT molecular complexity index is 612. The third kappa shape index (κ3) is 5.39. The number of hydrogen-bond donors (Lipinski definition) is 1. The van der Waals surface area contributed by atoms with E-state index in [0.717, 1.165) is 16.7 Å². The molecular formula is C21H25N. The number of rotatable bonds is 6. The zero-order valence-electron chi connectivity index (χ0n) is 13.4. The fraction of sp³-hybridized carbons (Fsp3) is 0.333. The van der Waals surface area contributed by atoms with E-state index in [9.17, 15) is 0 Å². The van der Waals surface area contributed by atoms with Crippen LogP contribution in [-0.2, 0) is 13.0 Å². The number of unbranched alkanes of at least 4 members (excludes halogenated alkanes) is 3. The summed E-state index contributed by atoms with van der Waals surface area (Å²) in [5.41, 5.74) is 10.2. The van der Waals surface area contributed by atoms with Gasteiger partial charge in [0, 0.05) is 17.7 Å². The van der Waals surface area contributed by atoms with Crippen molar-refractivity contribution in [3.05, 3.63) is 70.8 Å². The normalized spacial score (nSPS) is 10.1. The Hall–Kier alpha value is -2.04. The molecule has 1 nitrogen and oxygen atoms in total. The van der Waals surface area contributed by atoms with E-state index in [2.05, 4.69) is 43.0 Å². The Kier molecular flexibility index (Phi) is 6.74. The second-order valence-electron chi connectivity index (χ2n) is 5.66. The van der Waals surface area contributed by atoms with Gasteiger partial charge in [0.1, 0.15) is 0 Å². The second kappa shape index (κ2) is 9.07. The van der Waals surface area contributed by atoms with Crippen molar-refractivity contribution in [1.82, 2.24) is 0 Å². The number of nitrogens with two attached hydrogens (primary N) is 1. The van der Waals surface area contributed by atoms with Gasteiger partial charge in [-0.2, -0.15) is 0 Å². The van der Waals surface area contributed by atoms with Gasteiger partial charge in [-0.05, 0) is 48.2 Å². The lowest BCUT2D eigenvalue weighted by Gasteiger charge is -2.01. The standard InChI is InChI=1S/C21H25N/c1-2-3-4-5-6-18-7-9-19(10-8-18)11-12-20-13-15-21(17-22)16-14-20/h7-10,13-16H,2-6,17,22H2,1H3. The summed E-state index contributed by atoms with van der Waals surface area (Å²) in [5, 5.41) is 0. The van der Waals surface area contributed by atoms with E-state index in [4.69, 9.17) is 5.73 Å². The lowest BCUT2D eigenvalue weighted by atomic mass is 10.0. The SMILES string of the molecule is CCCCCCc1ccc(C#Cc2ccc(CN)cc2)cc1. The van der Waals surface area contributed by atoms with Crippen molar-refractivity contribution in [3.63, 3.8) is 0 Å². The highest BCUT2D eigenvalue weighted by molar-refractivity contribution is 5.44. The zero-order chi connectivity index (χ0) is 15.6. The van der Waals surface area contributed by atoms with Crippen molar-refractivity contribution in [2.45, 2.75) is 45.6 Å². The molecule has 0 aromatic heterocycles. The molecule has 0 bridgehead atoms. The van der Waals surface area contributed by atoms with Crippen LogP contribution in [0.1, 0.15) is 54.9 Å². The van der Waals surface area contributed by atoms with Crippen molar-refractivity contribution in [2.75, 3.05) is 0 Å². The highest BCUT2D eigenvalue weighted by Gasteiger charge is 1.94. The molecule has 0 spiro atoms. The number of aryl methyl sites for hydroxylation is 1. The van der Waals surface area contributed by atoms with Crippen LogP contribution < -0.4 is 5.73 Å². The van der Waals surface area contributed by atoms with Crippen LogP contribution in [0.4, 0.5) is 0 Å². The summed E-state index contributed by atoms with van der Waals surface area (Å²) in [6.45, 7) is 2.82. The van der Waals surface area contributed by atoms with Crippen LogP contribution in [0.25, 0.3) is 0 Å². The predicted molar refractivity (Wildman–Crippen MR) is 94.6 cm³/mol. The predicted octanol–water partition coefficient (Wildman–Crippen LogP) is 4.67. The first-order valence-corrected chi connectivity index (χ1v) is 8.22. The molecule has 0 atom stereocenters. The first-order valence-electron chi connectivity index (χ1n) is 8.22. The summed E-state index contributed by atoms with van der Waals surface area (Å²) in [5.74, 6) is 6.42. The molecule has 0 heterocycles. The summed E-state index contributed by atoms with van der Waals surface area (Å²) in [6.07, 6.45) is 6.42. The summed E-state index contributed by atoms with van der Waals surface area (Å²) < 4.78 is 0. The second-order valence-corrected chi connectivity index (χ2v) is 5.66. The molecule has 1 heteroatoms. The van der Waals surface area contributed by atoms with Gasteiger partial charge in [-0.25, -0.2) is 0 Å². The van der Waals surface area contributed by atoms with E-state index < -0.39 is 0 Å². The number of benzene rings is 2. The lowest BCUT2D eigenvalue weighted by Crippen LogP contribution is -1.95. The Labute approximate surface area is 134 Å². The van der Waals surface area contributed by atoms with Gasteiger partial charge in [0.15, 0.2) is 0 Å². The highest BCUT2D eigenvalue weighted by Crippen LogP contribution is 2.09. The van der Waals surface area contributed by atoms with E-state index in [-0.39, 0.29) is 0 Å². The maximum absolute atomic E-state index is 5.59. The van der Waals surface area contributed by atoms with Crippen LogP contribution in [0.3, 0.4) is 0 Å². The van der Waals surface area contributed by atoms with Crippen LogP contribution in [0.5, 0.6) is 0 Å². The van der Waals surface area contributed by atoms with Crippen molar-refractivity contribution in [1.29, 1.82) is 0 Å². The quantitative estimate of drug-likeness (QED) is 0.607. The van der Waals surface area contributed by atoms with E-state index in [1.165, 1.54) is 37.7 Å². The minimum atomic E-state index is 0.577. The smallest absolute Gasteiger partial charge is 0.0249 e. The molecular weight excluding hydrogens is 266 g/mol. The molecule has 0 aliphatic carbocycles. The summed E-state index contributed by atoms with van der Waals surface area (Å²) in [6, 6.07) is 16.8. The molecule has 2 N–H and O–H groups in total. The van der Waals surface area contributed by atoms with Crippen LogP contribution >= 0.6 is 0 Å². The molecule has 0 amide bonds. The highest BCUT2D eigenvalue weighted by atomic mass is 14.5. The third-order valence-electron chi connectivity index (χ3n) is 3.81. The van der Waals surface area contributed by atoms with Gasteiger partial charge in [-0.15, -0.1) is 0 Å². The van der Waals surface area contributed by atoms with Crippen LogP contribution in [0, 0.1) is 11.8 Å². The summed E-state index contributed by atoms with van der Waals surface area (Å²) in [4.78, 5) is 0. The van der Waals surface area contributed by atoms with Gasteiger partial charge in [0.25, 0.3) is 0 Å². The molecule has 0 fully saturated rings. The largest absolute Gasteiger partial charge is 0.326 e. The van der Waals surface area contributed by atoms with Gasteiger partial charge in [0.2, 0.25) is 0 Å². The minimum absolute atomic E-state index is 0.577.